The summed E-state index contributed by atoms with van der Waals surface area (Å²) in [6, 6.07) is 1.63. The minimum atomic E-state index is -4.38. The standard InChI is InChI=1S/C24H31F3N8O/c1-32-18(24(25,26)27)5-16(30-32)4-15-6-21(7-15)10-33(11-21)20(36)34-12-22(13-34)8-17(9-22)35-14-29-19(31-35)23(28)2-3-23/h5,14-15,17H,2-4,6-13,28H2,1H3. The number of likely N-dealkylation sites (tertiary alicyclic amines) is 2. The first kappa shape index (κ1) is 22.6. The fraction of sp³-hybridized carbons (Fsp3) is 0.750. The Morgan fingerprint density at radius 2 is 1.67 bits per heavy atom. The lowest BCUT2D eigenvalue weighted by Crippen LogP contribution is -2.71. The smallest absolute Gasteiger partial charge is 0.323 e. The SMILES string of the molecule is Cn1nc(CC2CC3(C2)CN(C(=O)N2CC4(CC(n5cnc(C6(N)CC6)n5)C4)C2)C3)cc1C(F)(F)F. The maximum Gasteiger partial charge on any atom is 0.433 e. The zero-order valence-corrected chi connectivity index (χ0v) is 20.3. The number of amides is 2. The fourth-order valence-corrected chi connectivity index (χ4v) is 7.17. The lowest BCUT2D eigenvalue weighted by atomic mass is 9.56. The number of carbonyl (C=O) groups excluding carboxylic acids is 1. The summed E-state index contributed by atoms with van der Waals surface area (Å²) in [6.07, 6.45) is 3.83. The average Bonchev–Trinajstić information content (AvgIpc) is 3.09. The Kier molecular flexibility index (Phi) is 4.40. The van der Waals surface area contributed by atoms with Crippen molar-refractivity contribution in [3.05, 3.63) is 29.6 Å². The second-order valence-corrected chi connectivity index (χ2v) is 12.4. The van der Waals surface area contributed by atoms with E-state index >= 15 is 0 Å². The molecule has 7 rings (SSSR count). The Labute approximate surface area is 206 Å². The van der Waals surface area contributed by atoms with Crippen molar-refractivity contribution in [1.29, 1.82) is 0 Å². The molecule has 3 saturated carbocycles. The van der Waals surface area contributed by atoms with Crippen molar-refractivity contribution in [2.24, 2.45) is 29.5 Å². The van der Waals surface area contributed by atoms with E-state index in [1.54, 1.807) is 6.33 Å². The summed E-state index contributed by atoms with van der Waals surface area (Å²) in [5.41, 5.74) is 6.05. The van der Waals surface area contributed by atoms with Crippen molar-refractivity contribution >= 4 is 6.03 Å². The number of hydrogen-bond donors (Lipinski definition) is 1. The average molecular weight is 505 g/mol. The Bertz CT molecular complexity index is 1200. The van der Waals surface area contributed by atoms with E-state index in [1.807, 2.05) is 14.5 Å². The molecule has 0 bridgehead atoms. The largest absolute Gasteiger partial charge is 0.433 e. The molecule has 5 fully saturated rings. The lowest BCUT2D eigenvalue weighted by Gasteiger charge is -2.63. The Morgan fingerprint density at radius 1 is 1.06 bits per heavy atom. The first-order valence-corrected chi connectivity index (χ1v) is 12.8. The van der Waals surface area contributed by atoms with Crippen LogP contribution in [-0.4, -0.2) is 66.6 Å². The minimum absolute atomic E-state index is 0.125. The van der Waals surface area contributed by atoms with Gasteiger partial charge in [0, 0.05) is 44.1 Å². The van der Waals surface area contributed by atoms with Crippen LogP contribution in [-0.2, 0) is 25.2 Å². The van der Waals surface area contributed by atoms with Gasteiger partial charge in [-0.05, 0) is 56.9 Å². The highest BCUT2D eigenvalue weighted by molar-refractivity contribution is 5.77. The second kappa shape index (κ2) is 7.02. The highest BCUT2D eigenvalue weighted by Gasteiger charge is 2.59. The van der Waals surface area contributed by atoms with Crippen LogP contribution in [0.2, 0.25) is 0 Å². The maximum atomic E-state index is 13.0. The minimum Gasteiger partial charge on any atom is -0.323 e. The number of alkyl halides is 3. The van der Waals surface area contributed by atoms with Gasteiger partial charge in [-0.25, -0.2) is 14.5 Å². The fourth-order valence-electron chi connectivity index (χ4n) is 7.17. The number of halogens is 3. The van der Waals surface area contributed by atoms with Crippen LogP contribution >= 0.6 is 0 Å². The van der Waals surface area contributed by atoms with Gasteiger partial charge in [0.15, 0.2) is 5.82 Å². The van der Waals surface area contributed by atoms with Crippen LogP contribution in [0.1, 0.15) is 61.8 Å². The molecule has 2 amide bonds. The third kappa shape index (κ3) is 3.47. The Morgan fingerprint density at radius 3 is 2.22 bits per heavy atom. The number of rotatable bonds is 4. The van der Waals surface area contributed by atoms with E-state index in [2.05, 4.69) is 15.2 Å². The summed E-state index contributed by atoms with van der Waals surface area (Å²) >= 11 is 0. The molecule has 2 N–H and O–H groups in total. The molecule has 2 aliphatic heterocycles. The van der Waals surface area contributed by atoms with Gasteiger partial charge in [-0.2, -0.15) is 23.4 Å². The van der Waals surface area contributed by atoms with Crippen molar-refractivity contribution in [3.63, 3.8) is 0 Å². The van der Waals surface area contributed by atoms with Gasteiger partial charge < -0.3 is 15.5 Å². The molecule has 5 aliphatic rings. The molecule has 0 radical (unpaired) electrons. The van der Waals surface area contributed by atoms with Crippen molar-refractivity contribution in [1.82, 2.24) is 34.3 Å². The topological polar surface area (TPSA) is 98.1 Å². The number of aryl methyl sites for hydroxylation is 1. The van der Waals surface area contributed by atoms with Gasteiger partial charge in [0.05, 0.1) is 17.3 Å². The quantitative estimate of drug-likeness (QED) is 0.691. The molecule has 2 saturated heterocycles. The number of hydrogen-bond acceptors (Lipinski definition) is 5. The Balaban J connectivity index is 0.851. The lowest BCUT2D eigenvalue weighted by molar-refractivity contribution is -0.143. The van der Waals surface area contributed by atoms with Crippen LogP contribution in [0.5, 0.6) is 0 Å². The number of nitrogens with two attached hydrogens (primary N) is 1. The van der Waals surface area contributed by atoms with Gasteiger partial charge in [-0.1, -0.05) is 0 Å². The zero-order valence-electron chi connectivity index (χ0n) is 20.3. The normalized spacial score (nSPS) is 25.9. The van der Waals surface area contributed by atoms with E-state index < -0.39 is 11.9 Å². The van der Waals surface area contributed by atoms with Gasteiger partial charge in [0.1, 0.15) is 12.0 Å². The summed E-state index contributed by atoms with van der Waals surface area (Å²) in [5.74, 6) is 1.09. The van der Waals surface area contributed by atoms with E-state index in [1.165, 1.54) is 7.05 Å². The summed E-state index contributed by atoms with van der Waals surface area (Å²) in [5, 5.41) is 8.66. The molecule has 2 spiro atoms. The summed E-state index contributed by atoms with van der Waals surface area (Å²) in [4.78, 5) is 21.2. The molecule has 3 aliphatic carbocycles. The van der Waals surface area contributed by atoms with E-state index in [4.69, 9.17) is 5.73 Å². The number of carbonyl (C=O) groups is 1. The number of aromatic nitrogens is 5. The molecule has 12 heteroatoms. The molecule has 9 nitrogen and oxygen atoms in total. The number of urea groups is 1. The van der Waals surface area contributed by atoms with Crippen LogP contribution in [0, 0.1) is 16.7 Å². The third-order valence-electron chi connectivity index (χ3n) is 9.26. The van der Waals surface area contributed by atoms with Gasteiger partial charge in [0.25, 0.3) is 0 Å². The van der Waals surface area contributed by atoms with Crippen molar-refractivity contribution < 1.29 is 18.0 Å². The highest BCUT2D eigenvalue weighted by atomic mass is 19.4. The van der Waals surface area contributed by atoms with Gasteiger partial charge in [0.2, 0.25) is 0 Å². The monoisotopic (exact) mass is 504 g/mol. The third-order valence-corrected chi connectivity index (χ3v) is 9.26. The molecule has 4 heterocycles. The summed E-state index contributed by atoms with van der Waals surface area (Å²) < 4.78 is 41.9. The van der Waals surface area contributed by atoms with Crippen LogP contribution in [0.25, 0.3) is 0 Å². The molecule has 0 atom stereocenters. The van der Waals surface area contributed by atoms with Crippen LogP contribution in [0.3, 0.4) is 0 Å². The van der Waals surface area contributed by atoms with E-state index in [9.17, 15) is 18.0 Å². The molecular formula is C24H31F3N8O. The van der Waals surface area contributed by atoms with Crippen LogP contribution < -0.4 is 5.73 Å². The van der Waals surface area contributed by atoms with Gasteiger partial charge >= 0.3 is 12.2 Å². The molecule has 2 aromatic rings. The van der Waals surface area contributed by atoms with Crippen molar-refractivity contribution in [2.75, 3.05) is 26.2 Å². The summed E-state index contributed by atoms with van der Waals surface area (Å²) in [6.45, 7) is 3.12. The van der Waals surface area contributed by atoms with Crippen LogP contribution in [0.4, 0.5) is 18.0 Å². The summed E-state index contributed by atoms with van der Waals surface area (Å²) in [7, 11) is 1.34. The van der Waals surface area contributed by atoms with Gasteiger partial charge in [-0.15, -0.1) is 0 Å². The molecule has 0 aromatic carbocycles. The molecular weight excluding hydrogens is 473 g/mol. The van der Waals surface area contributed by atoms with E-state index in [-0.39, 0.29) is 22.4 Å². The number of nitrogens with zero attached hydrogens (tertiary/aromatic N) is 7. The van der Waals surface area contributed by atoms with E-state index in [0.29, 0.717) is 24.1 Å². The van der Waals surface area contributed by atoms with E-state index in [0.717, 1.165) is 81.3 Å². The van der Waals surface area contributed by atoms with Crippen LogP contribution in [0.15, 0.2) is 12.4 Å². The first-order chi connectivity index (χ1) is 16.9. The van der Waals surface area contributed by atoms with Crippen molar-refractivity contribution in [2.45, 2.75) is 62.7 Å². The molecule has 2 aromatic heterocycles. The molecule has 194 valence electrons. The Hall–Kier alpha value is -2.63. The highest BCUT2D eigenvalue weighted by Crippen LogP contribution is 2.56. The predicted octanol–water partition coefficient (Wildman–Crippen LogP) is 2.69. The predicted molar refractivity (Wildman–Crippen MR) is 121 cm³/mol. The second-order valence-electron chi connectivity index (χ2n) is 12.4. The van der Waals surface area contributed by atoms with Crippen molar-refractivity contribution in [3.8, 4) is 0 Å². The molecule has 36 heavy (non-hydrogen) atoms. The molecule has 0 unspecified atom stereocenters. The van der Waals surface area contributed by atoms with Gasteiger partial charge in [-0.3, -0.25) is 4.68 Å². The zero-order chi connectivity index (χ0) is 25.1. The maximum absolute atomic E-state index is 13.0. The first-order valence-electron chi connectivity index (χ1n) is 12.8.